The molecule has 13 aromatic rings. The van der Waals surface area contributed by atoms with Crippen molar-refractivity contribution < 1.29 is 4.42 Å². The number of rotatable bonds is 4. The van der Waals surface area contributed by atoms with Gasteiger partial charge in [0.25, 0.3) is 0 Å². The first-order chi connectivity index (χ1) is 32.5. The summed E-state index contributed by atoms with van der Waals surface area (Å²) >= 11 is 0. The molecule has 1 nitrogen and oxygen atoms in total. The van der Waals surface area contributed by atoms with Crippen LogP contribution in [0.3, 0.4) is 0 Å². The van der Waals surface area contributed by atoms with Crippen LogP contribution in [-0.2, 0) is 5.41 Å². The second kappa shape index (κ2) is 13.9. The zero-order valence-electron chi connectivity index (χ0n) is 36.7. The molecule has 0 radical (unpaired) electrons. The fraction of sp³-hybridized carbons (Fsp3) is 0.0462. The number of furan rings is 1. The van der Waals surface area contributed by atoms with Crippen LogP contribution >= 0.6 is 0 Å². The van der Waals surface area contributed by atoms with Crippen molar-refractivity contribution in [3.63, 3.8) is 0 Å². The Kier molecular flexibility index (Phi) is 7.81. The molecule has 14 rings (SSSR count). The van der Waals surface area contributed by atoms with E-state index in [-0.39, 0.29) is 5.41 Å². The molecule has 1 aliphatic rings. The molecule has 66 heavy (non-hydrogen) atoms. The standard InChI is InChI=1S/C65H42O/c1-65(2)59-22-12-11-17-50(59)56-38-62-58(37-60(56)65)57-35-46-34-45(30-29-44(46)36-61(57)66-62)47-31-32-55(49-16-6-5-15-48(47)49)64-53-20-9-7-18-51(53)63(52-19-8-10-21-54(52)64)41-26-23-40(24-27-41)43-28-25-39-13-3-4-14-42(39)33-43/h3-38H,1-2H3. The first kappa shape index (κ1) is 37.1. The predicted molar refractivity (Wildman–Crippen MR) is 281 cm³/mol. The summed E-state index contributed by atoms with van der Waals surface area (Å²) in [6, 6.07) is 81.1. The number of hydrogen-bond acceptors (Lipinski definition) is 1. The molecule has 12 aromatic carbocycles. The van der Waals surface area contributed by atoms with Crippen LogP contribution < -0.4 is 0 Å². The maximum atomic E-state index is 6.62. The smallest absolute Gasteiger partial charge is 0.136 e. The molecule has 0 saturated carbocycles. The lowest BCUT2D eigenvalue weighted by Gasteiger charge is -2.21. The summed E-state index contributed by atoms with van der Waals surface area (Å²) in [5.74, 6) is 0. The Labute approximate surface area is 382 Å². The zero-order chi connectivity index (χ0) is 43.7. The third-order valence-electron chi connectivity index (χ3n) is 14.8. The summed E-state index contributed by atoms with van der Waals surface area (Å²) in [6.07, 6.45) is 0. The third-order valence-corrected chi connectivity index (χ3v) is 14.8. The van der Waals surface area contributed by atoms with Gasteiger partial charge in [-0.1, -0.05) is 196 Å². The molecule has 0 saturated heterocycles. The van der Waals surface area contributed by atoms with E-state index in [0.29, 0.717) is 0 Å². The van der Waals surface area contributed by atoms with Gasteiger partial charge in [-0.15, -0.1) is 0 Å². The van der Waals surface area contributed by atoms with E-state index in [4.69, 9.17) is 4.42 Å². The van der Waals surface area contributed by atoms with Crippen molar-refractivity contribution in [3.8, 4) is 55.6 Å². The van der Waals surface area contributed by atoms with Gasteiger partial charge in [0.1, 0.15) is 11.2 Å². The second-order valence-electron chi connectivity index (χ2n) is 18.8. The monoisotopic (exact) mass is 838 g/mol. The van der Waals surface area contributed by atoms with Gasteiger partial charge < -0.3 is 4.42 Å². The molecule has 0 spiro atoms. The van der Waals surface area contributed by atoms with Crippen molar-refractivity contribution in [2.24, 2.45) is 0 Å². The molecule has 1 heterocycles. The molecule has 0 aliphatic heterocycles. The highest BCUT2D eigenvalue weighted by Gasteiger charge is 2.36. The highest BCUT2D eigenvalue weighted by molar-refractivity contribution is 6.24. The van der Waals surface area contributed by atoms with Gasteiger partial charge in [0.2, 0.25) is 0 Å². The van der Waals surface area contributed by atoms with E-state index >= 15 is 0 Å². The Hall–Kier alpha value is -8.26. The van der Waals surface area contributed by atoms with E-state index in [1.807, 2.05) is 0 Å². The minimum atomic E-state index is -0.0761. The van der Waals surface area contributed by atoms with Crippen LogP contribution in [0.15, 0.2) is 223 Å². The fourth-order valence-electron chi connectivity index (χ4n) is 11.6. The van der Waals surface area contributed by atoms with Crippen molar-refractivity contribution in [2.45, 2.75) is 19.3 Å². The largest absolute Gasteiger partial charge is 0.456 e. The molecule has 308 valence electrons. The van der Waals surface area contributed by atoms with Crippen LogP contribution in [0.4, 0.5) is 0 Å². The summed E-state index contributed by atoms with van der Waals surface area (Å²) in [4.78, 5) is 0. The Bertz CT molecular complexity index is 4120. The van der Waals surface area contributed by atoms with E-state index < -0.39 is 0 Å². The molecule has 0 fully saturated rings. The van der Waals surface area contributed by atoms with Gasteiger partial charge in [0.15, 0.2) is 0 Å². The van der Waals surface area contributed by atoms with E-state index in [9.17, 15) is 0 Å². The molecule has 0 N–H and O–H groups in total. The highest BCUT2D eigenvalue weighted by atomic mass is 16.3. The molecular formula is C65H42O. The molecule has 0 unspecified atom stereocenters. The van der Waals surface area contributed by atoms with Gasteiger partial charge in [0.05, 0.1) is 0 Å². The van der Waals surface area contributed by atoms with Crippen LogP contribution in [0.5, 0.6) is 0 Å². The average molecular weight is 839 g/mol. The topological polar surface area (TPSA) is 13.1 Å². The fourth-order valence-corrected chi connectivity index (χ4v) is 11.6. The van der Waals surface area contributed by atoms with Crippen LogP contribution in [0.2, 0.25) is 0 Å². The van der Waals surface area contributed by atoms with Gasteiger partial charge in [-0.05, 0) is 157 Å². The number of fused-ring (bicyclic) bond motifs is 11. The van der Waals surface area contributed by atoms with E-state index in [0.717, 1.165) is 16.6 Å². The first-order valence-electron chi connectivity index (χ1n) is 23.1. The van der Waals surface area contributed by atoms with Gasteiger partial charge in [-0.2, -0.15) is 0 Å². The quantitative estimate of drug-likeness (QED) is 0.161. The first-order valence-corrected chi connectivity index (χ1v) is 23.1. The summed E-state index contributed by atoms with van der Waals surface area (Å²) in [6.45, 7) is 4.69. The molecule has 0 bridgehead atoms. The van der Waals surface area contributed by atoms with Crippen molar-refractivity contribution in [1.82, 2.24) is 0 Å². The van der Waals surface area contributed by atoms with Crippen LogP contribution in [-0.4, -0.2) is 0 Å². The second-order valence-corrected chi connectivity index (χ2v) is 18.8. The van der Waals surface area contributed by atoms with Crippen LogP contribution in [0.1, 0.15) is 25.0 Å². The van der Waals surface area contributed by atoms with E-state index in [1.54, 1.807) is 0 Å². The van der Waals surface area contributed by atoms with Crippen LogP contribution in [0, 0.1) is 0 Å². The minimum Gasteiger partial charge on any atom is -0.456 e. The number of hydrogen-bond donors (Lipinski definition) is 0. The molecular weight excluding hydrogens is 797 g/mol. The Morgan fingerprint density at radius 1 is 0.273 bits per heavy atom. The minimum absolute atomic E-state index is 0.0761. The van der Waals surface area contributed by atoms with Crippen molar-refractivity contribution in [1.29, 1.82) is 0 Å². The maximum absolute atomic E-state index is 6.62. The zero-order valence-corrected chi connectivity index (χ0v) is 36.7. The van der Waals surface area contributed by atoms with Crippen molar-refractivity contribution in [2.75, 3.05) is 0 Å². The van der Waals surface area contributed by atoms with E-state index in [2.05, 4.69) is 232 Å². The van der Waals surface area contributed by atoms with Crippen LogP contribution in [0.25, 0.3) is 131 Å². The molecule has 1 aliphatic carbocycles. The van der Waals surface area contributed by atoms with Crippen molar-refractivity contribution in [3.05, 3.63) is 230 Å². The lowest BCUT2D eigenvalue weighted by Crippen LogP contribution is -2.14. The molecule has 1 aromatic heterocycles. The molecule has 1 heteroatoms. The average Bonchev–Trinajstić information content (AvgIpc) is 3.83. The Morgan fingerprint density at radius 2 is 0.788 bits per heavy atom. The summed E-state index contributed by atoms with van der Waals surface area (Å²) < 4.78 is 6.62. The highest BCUT2D eigenvalue weighted by Crippen LogP contribution is 2.51. The lowest BCUT2D eigenvalue weighted by atomic mass is 9.82. The van der Waals surface area contributed by atoms with Crippen molar-refractivity contribution >= 4 is 75.8 Å². The Morgan fingerprint density at radius 3 is 1.55 bits per heavy atom. The predicted octanol–water partition coefficient (Wildman–Crippen LogP) is 18.3. The molecule has 0 atom stereocenters. The maximum Gasteiger partial charge on any atom is 0.136 e. The van der Waals surface area contributed by atoms with Gasteiger partial charge in [-0.3, -0.25) is 0 Å². The van der Waals surface area contributed by atoms with Gasteiger partial charge in [0, 0.05) is 16.2 Å². The van der Waals surface area contributed by atoms with Gasteiger partial charge >= 0.3 is 0 Å². The molecule has 0 amide bonds. The lowest BCUT2D eigenvalue weighted by molar-refractivity contribution is 0.658. The normalized spacial score (nSPS) is 13.1. The van der Waals surface area contributed by atoms with E-state index in [1.165, 1.54) is 126 Å². The van der Waals surface area contributed by atoms with Gasteiger partial charge in [-0.25, -0.2) is 0 Å². The third kappa shape index (κ3) is 5.41. The Balaban J connectivity index is 0.898. The SMILES string of the molecule is CC1(C)c2ccccc2-c2cc3oc4cc5ccc(-c6ccc(-c7c8ccccc8c(-c8ccc(-c9ccc%10ccccc%10c9)cc8)c8ccccc78)c7ccccc67)cc5cc4c3cc21. The summed E-state index contributed by atoms with van der Waals surface area (Å²) in [5.41, 5.74) is 17.0. The summed E-state index contributed by atoms with van der Waals surface area (Å²) in [5, 5.41) is 14.7. The number of benzene rings is 12. The summed E-state index contributed by atoms with van der Waals surface area (Å²) in [7, 11) is 0.